The highest BCUT2D eigenvalue weighted by Gasteiger charge is 2.18. The second kappa shape index (κ2) is 9.87. The Morgan fingerprint density at radius 3 is 2.57 bits per heavy atom. The maximum atomic E-state index is 12.5. The lowest BCUT2D eigenvalue weighted by Gasteiger charge is -2.08. The Kier molecular flexibility index (Phi) is 7.00. The predicted octanol–water partition coefficient (Wildman–Crippen LogP) is 2.85. The van der Waals surface area contributed by atoms with Gasteiger partial charge in [0.2, 0.25) is 0 Å². The van der Waals surface area contributed by atoms with Crippen molar-refractivity contribution in [3.8, 4) is 0 Å². The SMILES string of the molecule is CCCCn1c(=O)[nH]c(=O)c2c1nc(COC(=O)C=Cc1ccccc1)n2CCC. The summed E-state index contributed by atoms with van der Waals surface area (Å²) in [5, 5.41) is 0. The summed E-state index contributed by atoms with van der Waals surface area (Å²) in [5.74, 6) is -0.0686. The Hall–Kier alpha value is -3.42. The number of ether oxygens (including phenoxy) is 1. The summed E-state index contributed by atoms with van der Waals surface area (Å²) >= 11 is 0. The molecule has 0 atom stereocenters. The van der Waals surface area contributed by atoms with Crippen LogP contribution in [-0.4, -0.2) is 25.1 Å². The summed E-state index contributed by atoms with van der Waals surface area (Å²) < 4.78 is 8.55. The minimum Gasteiger partial charge on any atom is -0.454 e. The molecule has 2 aromatic heterocycles. The Morgan fingerprint density at radius 1 is 1.10 bits per heavy atom. The van der Waals surface area contributed by atoms with Gasteiger partial charge in [-0.1, -0.05) is 50.6 Å². The van der Waals surface area contributed by atoms with Gasteiger partial charge in [-0.05, 0) is 24.5 Å². The third kappa shape index (κ3) is 4.76. The summed E-state index contributed by atoms with van der Waals surface area (Å²) in [5.41, 5.74) is 0.593. The number of imidazole rings is 1. The normalized spacial score (nSPS) is 11.4. The van der Waals surface area contributed by atoms with Crippen LogP contribution in [0.3, 0.4) is 0 Å². The van der Waals surface area contributed by atoms with Gasteiger partial charge >= 0.3 is 11.7 Å². The number of nitrogens with zero attached hydrogens (tertiary/aromatic N) is 3. The van der Waals surface area contributed by atoms with E-state index in [1.54, 1.807) is 10.6 Å². The third-order valence-electron chi connectivity index (χ3n) is 4.70. The van der Waals surface area contributed by atoms with E-state index in [0.717, 1.165) is 24.8 Å². The molecule has 0 saturated heterocycles. The molecule has 0 bridgehead atoms. The summed E-state index contributed by atoms with van der Waals surface area (Å²) in [6, 6.07) is 9.43. The second-order valence-corrected chi connectivity index (χ2v) is 6.97. The van der Waals surface area contributed by atoms with Crippen LogP contribution in [0, 0.1) is 0 Å². The Balaban J connectivity index is 1.89. The predicted molar refractivity (Wildman–Crippen MR) is 115 cm³/mol. The standard InChI is InChI=1S/C22H26N4O4/c1-3-5-14-26-20-19(21(28)24-22(26)29)25(13-4-2)17(23-20)15-30-18(27)12-11-16-9-7-6-8-10-16/h6-12H,3-5,13-15H2,1-2H3,(H,24,28,29). The van der Waals surface area contributed by atoms with Gasteiger partial charge < -0.3 is 9.30 Å². The molecular weight excluding hydrogens is 384 g/mol. The molecule has 8 heteroatoms. The number of aromatic amines is 1. The van der Waals surface area contributed by atoms with Gasteiger partial charge in [0, 0.05) is 19.2 Å². The van der Waals surface area contributed by atoms with Crippen LogP contribution in [0.1, 0.15) is 44.5 Å². The summed E-state index contributed by atoms with van der Waals surface area (Å²) in [7, 11) is 0. The summed E-state index contributed by atoms with van der Waals surface area (Å²) in [6.45, 7) is 4.90. The highest BCUT2D eigenvalue weighted by atomic mass is 16.5. The number of aromatic nitrogens is 4. The van der Waals surface area contributed by atoms with Crippen molar-refractivity contribution in [2.75, 3.05) is 0 Å². The van der Waals surface area contributed by atoms with Crippen LogP contribution in [0.4, 0.5) is 0 Å². The lowest BCUT2D eigenvalue weighted by Crippen LogP contribution is -2.31. The number of nitrogens with one attached hydrogen (secondary N) is 1. The minimum atomic E-state index is -0.508. The smallest absolute Gasteiger partial charge is 0.331 e. The number of H-pyrrole nitrogens is 1. The van der Waals surface area contributed by atoms with Crippen molar-refractivity contribution >= 4 is 23.2 Å². The average Bonchev–Trinajstić information content (AvgIpc) is 3.10. The molecule has 1 aromatic carbocycles. The second-order valence-electron chi connectivity index (χ2n) is 6.97. The molecule has 1 N–H and O–H groups in total. The van der Waals surface area contributed by atoms with E-state index in [9.17, 15) is 14.4 Å². The Labute approximate surface area is 173 Å². The molecule has 0 aliphatic rings. The number of hydrogen-bond donors (Lipinski definition) is 1. The van der Waals surface area contributed by atoms with E-state index in [-0.39, 0.29) is 6.61 Å². The molecule has 2 heterocycles. The fourth-order valence-electron chi connectivity index (χ4n) is 3.23. The van der Waals surface area contributed by atoms with Gasteiger partial charge in [0.05, 0.1) is 0 Å². The zero-order valence-electron chi connectivity index (χ0n) is 17.3. The molecule has 0 radical (unpaired) electrons. The number of hydrogen-bond acceptors (Lipinski definition) is 5. The molecule has 158 valence electrons. The van der Waals surface area contributed by atoms with Gasteiger partial charge in [-0.2, -0.15) is 0 Å². The number of fused-ring (bicyclic) bond motifs is 1. The first kappa shape index (κ1) is 21.3. The quantitative estimate of drug-likeness (QED) is 0.432. The van der Waals surface area contributed by atoms with Crippen molar-refractivity contribution in [3.05, 3.63) is 68.6 Å². The lowest BCUT2D eigenvalue weighted by atomic mass is 10.2. The van der Waals surface area contributed by atoms with Crippen LogP contribution in [0.5, 0.6) is 0 Å². The number of rotatable bonds is 9. The van der Waals surface area contributed by atoms with E-state index in [1.165, 1.54) is 10.6 Å². The molecule has 0 aliphatic carbocycles. The first-order valence-electron chi connectivity index (χ1n) is 10.2. The number of carbonyl (C=O) groups excluding carboxylic acids is 1. The van der Waals surface area contributed by atoms with E-state index < -0.39 is 17.2 Å². The highest BCUT2D eigenvalue weighted by molar-refractivity contribution is 5.87. The monoisotopic (exact) mass is 410 g/mol. The fourth-order valence-corrected chi connectivity index (χ4v) is 3.23. The zero-order chi connectivity index (χ0) is 21.5. The zero-order valence-corrected chi connectivity index (χ0v) is 17.3. The first-order valence-corrected chi connectivity index (χ1v) is 10.2. The van der Waals surface area contributed by atoms with E-state index in [0.29, 0.717) is 30.1 Å². The Morgan fingerprint density at radius 2 is 1.87 bits per heavy atom. The average molecular weight is 410 g/mol. The van der Waals surface area contributed by atoms with Crippen LogP contribution < -0.4 is 11.2 Å². The summed E-state index contributed by atoms with van der Waals surface area (Å²) in [6.07, 6.45) is 5.47. The van der Waals surface area contributed by atoms with Crippen LogP contribution >= 0.6 is 0 Å². The van der Waals surface area contributed by atoms with E-state index >= 15 is 0 Å². The number of unbranched alkanes of at least 4 members (excludes halogenated alkanes) is 1. The molecule has 8 nitrogen and oxygen atoms in total. The van der Waals surface area contributed by atoms with Gasteiger partial charge in [-0.3, -0.25) is 14.3 Å². The van der Waals surface area contributed by atoms with E-state index in [4.69, 9.17) is 4.74 Å². The molecule has 3 aromatic rings. The fraction of sp³-hybridized carbons (Fsp3) is 0.364. The lowest BCUT2D eigenvalue weighted by molar-refractivity contribution is -0.139. The van der Waals surface area contributed by atoms with Crippen molar-refractivity contribution in [2.24, 2.45) is 0 Å². The molecule has 0 saturated carbocycles. The van der Waals surface area contributed by atoms with E-state index in [1.807, 2.05) is 44.2 Å². The molecule has 0 fully saturated rings. The molecule has 0 spiro atoms. The minimum absolute atomic E-state index is 0.0892. The molecule has 0 amide bonds. The van der Waals surface area contributed by atoms with Crippen LogP contribution in [0.2, 0.25) is 0 Å². The van der Waals surface area contributed by atoms with Crippen LogP contribution in [-0.2, 0) is 29.2 Å². The number of esters is 1. The highest BCUT2D eigenvalue weighted by Crippen LogP contribution is 2.14. The van der Waals surface area contributed by atoms with E-state index in [2.05, 4.69) is 9.97 Å². The topological polar surface area (TPSA) is 99.0 Å². The Bertz CT molecular complexity index is 1160. The number of aryl methyl sites for hydroxylation is 2. The maximum Gasteiger partial charge on any atom is 0.331 e. The van der Waals surface area contributed by atoms with Crippen molar-refractivity contribution in [1.82, 2.24) is 19.1 Å². The molecule has 30 heavy (non-hydrogen) atoms. The van der Waals surface area contributed by atoms with Gasteiger partial charge in [0.15, 0.2) is 11.2 Å². The molecule has 0 unspecified atom stereocenters. The number of benzene rings is 1. The first-order chi connectivity index (χ1) is 14.5. The van der Waals surface area contributed by atoms with Crippen LogP contribution in [0.15, 0.2) is 46.0 Å². The maximum absolute atomic E-state index is 12.5. The largest absolute Gasteiger partial charge is 0.454 e. The number of carbonyl (C=O) groups is 1. The van der Waals surface area contributed by atoms with Gasteiger partial charge in [0.25, 0.3) is 5.56 Å². The third-order valence-corrected chi connectivity index (χ3v) is 4.70. The van der Waals surface area contributed by atoms with Crippen molar-refractivity contribution in [1.29, 1.82) is 0 Å². The molecule has 0 aliphatic heterocycles. The molecular formula is C22H26N4O4. The molecule has 3 rings (SSSR count). The van der Waals surface area contributed by atoms with Crippen molar-refractivity contribution in [2.45, 2.75) is 52.8 Å². The van der Waals surface area contributed by atoms with Gasteiger partial charge in [-0.15, -0.1) is 0 Å². The van der Waals surface area contributed by atoms with Crippen molar-refractivity contribution < 1.29 is 9.53 Å². The summed E-state index contributed by atoms with van der Waals surface area (Å²) in [4.78, 5) is 43.8. The van der Waals surface area contributed by atoms with Crippen molar-refractivity contribution in [3.63, 3.8) is 0 Å². The van der Waals surface area contributed by atoms with Gasteiger partial charge in [-0.25, -0.2) is 14.6 Å². The van der Waals surface area contributed by atoms with Crippen LogP contribution in [0.25, 0.3) is 17.2 Å². The van der Waals surface area contributed by atoms with Gasteiger partial charge in [0.1, 0.15) is 12.4 Å².